The van der Waals surface area contributed by atoms with E-state index in [1.807, 2.05) is 0 Å². The average Bonchev–Trinajstić information content (AvgIpc) is 3.41. The fourth-order valence-electron chi connectivity index (χ4n) is 4.16. The number of aliphatic hydroxyl groups is 1. The number of benzene rings is 1. The maximum atomic E-state index is 15.9. The van der Waals surface area contributed by atoms with E-state index < -0.39 is 56.6 Å². The lowest BCUT2D eigenvalue weighted by molar-refractivity contribution is -0.149. The predicted molar refractivity (Wildman–Crippen MR) is 141 cm³/mol. The molecule has 12 nitrogen and oxygen atoms in total. The van der Waals surface area contributed by atoms with Crippen LogP contribution in [-0.2, 0) is 23.4 Å². The number of carbonyl (C=O) groups is 1. The minimum Gasteiger partial charge on any atom is -0.462 e. The Kier molecular flexibility index (Phi) is 8.57. The first-order chi connectivity index (χ1) is 18.4. The molecule has 39 heavy (non-hydrogen) atoms. The summed E-state index contributed by atoms with van der Waals surface area (Å²) in [5.41, 5.74) is -0.749. The molecule has 1 fully saturated rings. The Hall–Kier alpha value is -3.09. The molecule has 14 heteroatoms. The van der Waals surface area contributed by atoms with Gasteiger partial charge in [0.25, 0.3) is 0 Å². The number of aliphatic hydroxyl groups excluding tert-OH is 1. The van der Waals surface area contributed by atoms with Crippen LogP contribution >= 0.6 is 7.75 Å². The summed E-state index contributed by atoms with van der Waals surface area (Å²) in [6.45, 7) is 5.48. The molecular weight excluding hydrogens is 532 g/mol. The van der Waals surface area contributed by atoms with Gasteiger partial charge >= 0.3 is 13.7 Å². The molecule has 1 saturated heterocycles. The summed E-state index contributed by atoms with van der Waals surface area (Å²) in [6.07, 6.45) is -1.70. The van der Waals surface area contributed by atoms with Crippen LogP contribution in [0.15, 0.2) is 48.9 Å². The number of pyridine rings is 1. The predicted octanol–water partition coefficient (Wildman–Crippen LogP) is 3.59. The molecule has 1 aliphatic rings. The first-order valence-corrected chi connectivity index (χ1v) is 14.0. The molecule has 6 atom stereocenters. The molecule has 1 aliphatic heterocycles. The smallest absolute Gasteiger partial charge is 0.459 e. The highest BCUT2D eigenvalue weighted by molar-refractivity contribution is 7.52. The van der Waals surface area contributed by atoms with E-state index in [2.05, 4.69) is 20.4 Å². The summed E-state index contributed by atoms with van der Waals surface area (Å²) in [6, 6.07) is 8.85. The van der Waals surface area contributed by atoms with Crippen LogP contribution in [0.3, 0.4) is 0 Å². The van der Waals surface area contributed by atoms with Crippen LogP contribution in [0.5, 0.6) is 5.75 Å². The molecule has 0 amide bonds. The molecule has 0 saturated carbocycles. The van der Waals surface area contributed by atoms with Crippen molar-refractivity contribution in [2.45, 2.75) is 63.9 Å². The number of aromatic nitrogens is 3. The van der Waals surface area contributed by atoms with Crippen LogP contribution in [-0.4, -0.2) is 69.3 Å². The highest BCUT2D eigenvalue weighted by Gasteiger charge is 2.56. The van der Waals surface area contributed by atoms with Crippen molar-refractivity contribution in [3.63, 3.8) is 0 Å². The number of nitrogens with zero attached hydrogens (tertiary/aromatic N) is 3. The molecule has 1 aromatic carbocycles. The summed E-state index contributed by atoms with van der Waals surface area (Å²) in [5.74, 6) is -0.463. The summed E-state index contributed by atoms with van der Waals surface area (Å²) in [5, 5.41) is 16.4. The second-order valence-corrected chi connectivity index (χ2v) is 11.3. The minimum absolute atomic E-state index is 0.204. The van der Waals surface area contributed by atoms with Gasteiger partial charge in [0.05, 0.1) is 24.7 Å². The molecule has 212 valence electrons. The van der Waals surface area contributed by atoms with E-state index in [1.165, 1.54) is 24.7 Å². The third kappa shape index (κ3) is 6.23. The zero-order valence-corrected chi connectivity index (χ0v) is 23.2. The number of fused-ring (bicyclic) bond motifs is 1. The number of hydrogen-bond acceptors (Lipinski definition) is 10. The van der Waals surface area contributed by atoms with E-state index in [4.69, 9.17) is 18.5 Å². The maximum absolute atomic E-state index is 15.9. The van der Waals surface area contributed by atoms with Gasteiger partial charge in [-0.05, 0) is 45.9 Å². The molecule has 4 rings (SSSR count). The molecule has 0 bridgehead atoms. The van der Waals surface area contributed by atoms with Crippen LogP contribution in [0.1, 0.15) is 33.9 Å². The van der Waals surface area contributed by atoms with Crippen molar-refractivity contribution < 1.29 is 37.4 Å². The number of alkyl halides is 1. The van der Waals surface area contributed by atoms with Gasteiger partial charge in [0.1, 0.15) is 29.5 Å². The molecule has 3 heterocycles. The number of carbonyl (C=O) groups excluding carboxylic acids is 1. The number of rotatable bonds is 11. The topological polar surface area (TPSA) is 146 Å². The molecule has 2 aromatic heterocycles. The number of esters is 1. The Morgan fingerprint density at radius 3 is 2.64 bits per heavy atom. The SMILES string of the molecule is CNc1ccnc2c1ncn2[C@@H]1O[C@H](CO[P@](=O)(N[C@H](C)C(=O)OC(C)C)Oc2ccccc2)[C@@H](O)[C@@]1(C)F. The summed E-state index contributed by atoms with van der Waals surface area (Å²) >= 11 is 0. The quantitative estimate of drug-likeness (QED) is 0.232. The van der Waals surface area contributed by atoms with Gasteiger partial charge in [-0.3, -0.25) is 13.9 Å². The van der Waals surface area contributed by atoms with Crippen molar-refractivity contribution in [2.24, 2.45) is 0 Å². The molecule has 3 N–H and O–H groups in total. The van der Waals surface area contributed by atoms with Crippen molar-refractivity contribution in [3.8, 4) is 5.75 Å². The summed E-state index contributed by atoms with van der Waals surface area (Å²) in [4.78, 5) is 21.0. The van der Waals surface area contributed by atoms with Crippen LogP contribution in [0.2, 0.25) is 0 Å². The van der Waals surface area contributed by atoms with Crippen LogP contribution in [0, 0.1) is 0 Å². The standard InChI is InChI=1S/C25H33FN5O7P/c1-15(2)36-23(33)16(3)30-39(34,38-17-9-7-6-8-10-17)35-13-19-21(32)25(4,26)24(37-19)31-14-29-20-18(27-5)11-12-28-22(20)31/h6-12,14-16,19,21,24,32H,13H2,1-5H3,(H,27,28)(H,30,34)/t16-,19-,21-,24-,25-,39-/m1/s1. The average molecular weight is 566 g/mol. The fraction of sp³-hybridized carbons (Fsp3) is 0.480. The zero-order chi connectivity index (χ0) is 28.4. The zero-order valence-electron chi connectivity index (χ0n) is 22.3. The number of nitrogens with one attached hydrogen (secondary N) is 2. The number of hydrogen-bond donors (Lipinski definition) is 3. The van der Waals surface area contributed by atoms with Crippen molar-refractivity contribution in [2.75, 3.05) is 19.0 Å². The molecule has 0 unspecified atom stereocenters. The monoisotopic (exact) mass is 565 g/mol. The lowest BCUT2D eigenvalue weighted by Gasteiger charge is -2.25. The molecule has 3 aromatic rings. The third-order valence-corrected chi connectivity index (χ3v) is 7.78. The van der Waals surface area contributed by atoms with Gasteiger partial charge in [0.2, 0.25) is 0 Å². The van der Waals surface area contributed by atoms with E-state index in [-0.39, 0.29) is 5.75 Å². The van der Waals surface area contributed by atoms with Gasteiger partial charge in [-0.1, -0.05) is 18.2 Å². The van der Waals surface area contributed by atoms with Crippen molar-refractivity contribution in [1.29, 1.82) is 0 Å². The van der Waals surface area contributed by atoms with Crippen molar-refractivity contribution >= 4 is 30.6 Å². The lowest BCUT2D eigenvalue weighted by Crippen LogP contribution is -2.41. The number of anilines is 1. The van der Waals surface area contributed by atoms with E-state index in [1.54, 1.807) is 63.5 Å². The number of halogens is 1. The van der Waals surface area contributed by atoms with Crippen LogP contribution in [0.25, 0.3) is 11.2 Å². The molecule has 0 spiro atoms. The largest absolute Gasteiger partial charge is 0.462 e. The third-order valence-electron chi connectivity index (χ3n) is 6.13. The van der Waals surface area contributed by atoms with Crippen LogP contribution < -0.4 is 14.9 Å². The van der Waals surface area contributed by atoms with E-state index in [0.717, 1.165) is 0 Å². The van der Waals surface area contributed by atoms with Crippen molar-refractivity contribution in [3.05, 3.63) is 48.9 Å². The Balaban J connectivity index is 1.54. The van der Waals surface area contributed by atoms with E-state index in [0.29, 0.717) is 16.9 Å². The Bertz CT molecular complexity index is 1340. The summed E-state index contributed by atoms with van der Waals surface area (Å²) < 4.78 is 53.3. The minimum atomic E-state index is -4.25. The normalized spacial score (nSPS) is 25.4. The van der Waals surface area contributed by atoms with Gasteiger partial charge in [-0.25, -0.2) is 18.9 Å². The second kappa shape index (κ2) is 11.6. The number of para-hydroxylation sites is 1. The second-order valence-electron chi connectivity index (χ2n) is 9.59. The number of imidazole rings is 1. The molecule has 0 radical (unpaired) electrons. The lowest BCUT2D eigenvalue weighted by atomic mass is 9.98. The summed E-state index contributed by atoms with van der Waals surface area (Å²) in [7, 11) is -2.52. The van der Waals surface area contributed by atoms with Gasteiger partial charge in [-0.2, -0.15) is 5.09 Å². The van der Waals surface area contributed by atoms with E-state index >= 15 is 4.39 Å². The van der Waals surface area contributed by atoms with Gasteiger partial charge in [-0.15, -0.1) is 0 Å². The van der Waals surface area contributed by atoms with Crippen molar-refractivity contribution in [1.82, 2.24) is 19.6 Å². The maximum Gasteiger partial charge on any atom is 0.459 e. The Morgan fingerprint density at radius 2 is 1.97 bits per heavy atom. The highest BCUT2D eigenvalue weighted by Crippen LogP contribution is 2.48. The van der Waals surface area contributed by atoms with Gasteiger partial charge in [0, 0.05) is 13.2 Å². The molecule has 0 aliphatic carbocycles. The first-order valence-electron chi connectivity index (χ1n) is 12.4. The molecular formula is C25H33FN5O7P. The number of ether oxygens (including phenoxy) is 2. The Morgan fingerprint density at radius 1 is 1.26 bits per heavy atom. The highest BCUT2D eigenvalue weighted by atomic mass is 31.2. The Labute approximate surface area is 225 Å². The van der Waals surface area contributed by atoms with Gasteiger partial charge in [0.15, 0.2) is 17.5 Å². The van der Waals surface area contributed by atoms with E-state index in [9.17, 15) is 14.5 Å². The van der Waals surface area contributed by atoms with Gasteiger partial charge < -0.3 is 24.4 Å². The van der Waals surface area contributed by atoms with Crippen LogP contribution in [0.4, 0.5) is 10.1 Å². The first kappa shape index (κ1) is 28.9. The fourth-order valence-corrected chi connectivity index (χ4v) is 5.67.